The van der Waals surface area contributed by atoms with E-state index in [4.69, 9.17) is 4.74 Å². The fraction of sp³-hybridized carbons (Fsp3) is 0.500. The van der Waals surface area contributed by atoms with Crippen molar-refractivity contribution in [1.82, 2.24) is 0 Å². The molecule has 1 aromatic carbocycles. The van der Waals surface area contributed by atoms with E-state index in [9.17, 15) is 4.39 Å². The van der Waals surface area contributed by atoms with Crippen LogP contribution >= 0.6 is 22.6 Å². The molecule has 0 spiro atoms. The van der Waals surface area contributed by atoms with Gasteiger partial charge in [0.1, 0.15) is 5.82 Å². The highest BCUT2D eigenvalue weighted by molar-refractivity contribution is 14.1. The second-order valence-corrected chi connectivity index (χ2v) is 5.05. The van der Waals surface area contributed by atoms with Gasteiger partial charge in [0.25, 0.3) is 0 Å². The average Bonchev–Trinajstić information content (AvgIpc) is 2.62. The number of benzene rings is 1. The average molecular weight is 320 g/mol. The van der Waals surface area contributed by atoms with Crippen LogP contribution in [0.4, 0.5) is 4.39 Å². The normalized spacial score (nSPS) is 30.7. The van der Waals surface area contributed by atoms with Crippen molar-refractivity contribution in [1.29, 1.82) is 0 Å². The van der Waals surface area contributed by atoms with Gasteiger partial charge in [-0.25, -0.2) is 4.39 Å². The SMILES string of the molecule is CC1(CI)CCC(c2cccc(F)c2)O1. The molecule has 0 saturated carbocycles. The van der Waals surface area contributed by atoms with Crippen LogP contribution in [0.25, 0.3) is 0 Å². The summed E-state index contributed by atoms with van der Waals surface area (Å²) >= 11 is 2.34. The Morgan fingerprint density at radius 3 is 3.00 bits per heavy atom. The molecule has 2 atom stereocenters. The lowest BCUT2D eigenvalue weighted by Gasteiger charge is -2.22. The zero-order chi connectivity index (χ0) is 10.9. The maximum atomic E-state index is 13.0. The molecule has 0 amide bonds. The molecule has 1 nitrogen and oxygen atoms in total. The number of rotatable bonds is 2. The highest BCUT2D eigenvalue weighted by Crippen LogP contribution is 2.40. The third kappa shape index (κ3) is 2.50. The van der Waals surface area contributed by atoms with Crippen LogP contribution in [0.5, 0.6) is 0 Å². The van der Waals surface area contributed by atoms with Crippen LogP contribution in [0.2, 0.25) is 0 Å². The van der Waals surface area contributed by atoms with Gasteiger partial charge in [-0.2, -0.15) is 0 Å². The van der Waals surface area contributed by atoms with E-state index >= 15 is 0 Å². The molecule has 0 aromatic heterocycles. The molecule has 1 aromatic rings. The summed E-state index contributed by atoms with van der Waals surface area (Å²) < 4.78 is 20.0. The van der Waals surface area contributed by atoms with E-state index in [2.05, 4.69) is 29.5 Å². The fourth-order valence-corrected chi connectivity index (χ4v) is 2.50. The first kappa shape index (κ1) is 11.3. The topological polar surface area (TPSA) is 9.23 Å². The zero-order valence-corrected chi connectivity index (χ0v) is 10.8. The van der Waals surface area contributed by atoms with Crippen molar-refractivity contribution >= 4 is 22.6 Å². The number of alkyl halides is 1. The quantitative estimate of drug-likeness (QED) is 0.594. The van der Waals surface area contributed by atoms with Crippen molar-refractivity contribution in [3.8, 4) is 0 Å². The smallest absolute Gasteiger partial charge is 0.123 e. The summed E-state index contributed by atoms with van der Waals surface area (Å²) in [5, 5.41) is 0. The monoisotopic (exact) mass is 320 g/mol. The Bertz CT molecular complexity index is 355. The summed E-state index contributed by atoms with van der Waals surface area (Å²) in [6.45, 7) is 2.12. The molecule has 1 fully saturated rings. The molecule has 2 rings (SSSR count). The van der Waals surface area contributed by atoms with Crippen LogP contribution in [-0.4, -0.2) is 10.0 Å². The van der Waals surface area contributed by atoms with Gasteiger partial charge in [-0.15, -0.1) is 0 Å². The van der Waals surface area contributed by atoms with Crippen LogP contribution in [0.3, 0.4) is 0 Å². The largest absolute Gasteiger partial charge is 0.367 e. The Hall–Kier alpha value is -0.160. The van der Waals surface area contributed by atoms with Crippen molar-refractivity contribution in [3.63, 3.8) is 0 Å². The van der Waals surface area contributed by atoms with Crippen molar-refractivity contribution in [3.05, 3.63) is 35.6 Å². The van der Waals surface area contributed by atoms with E-state index in [1.807, 2.05) is 6.07 Å². The van der Waals surface area contributed by atoms with E-state index in [0.717, 1.165) is 22.8 Å². The molecule has 0 radical (unpaired) electrons. The number of ether oxygens (including phenoxy) is 1. The molecule has 1 aliphatic heterocycles. The van der Waals surface area contributed by atoms with Gasteiger partial charge in [0.05, 0.1) is 11.7 Å². The van der Waals surface area contributed by atoms with E-state index in [1.54, 1.807) is 12.1 Å². The maximum Gasteiger partial charge on any atom is 0.123 e. The molecule has 1 aliphatic rings. The minimum Gasteiger partial charge on any atom is -0.367 e. The summed E-state index contributed by atoms with van der Waals surface area (Å²) in [6.07, 6.45) is 2.11. The van der Waals surface area contributed by atoms with Crippen LogP contribution < -0.4 is 0 Å². The number of halogens is 2. The van der Waals surface area contributed by atoms with Crippen LogP contribution in [0.1, 0.15) is 31.4 Å². The van der Waals surface area contributed by atoms with Crippen molar-refractivity contribution in [2.75, 3.05) is 4.43 Å². The summed E-state index contributed by atoms with van der Waals surface area (Å²) in [4.78, 5) is 0. The first-order valence-corrected chi connectivity index (χ1v) is 6.65. The molecule has 82 valence electrons. The van der Waals surface area contributed by atoms with Gasteiger partial charge in [-0.3, -0.25) is 0 Å². The van der Waals surface area contributed by atoms with Crippen molar-refractivity contribution in [2.24, 2.45) is 0 Å². The maximum absolute atomic E-state index is 13.0. The highest BCUT2D eigenvalue weighted by atomic mass is 127. The van der Waals surface area contributed by atoms with Gasteiger partial charge in [0.2, 0.25) is 0 Å². The van der Waals surface area contributed by atoms with Crippen LogP contribution in [0.15, 0.2) is 24.3 Å². The first-order chi connectivity index (χ1) is 7.13. The third-order valence-electron chi connectivity index (χ3n) is 2.87. The van der Waals surface area contributed by atoms with Crippen molar-refractivity contribution < 1.29 is 9.13 Å². The second kappa shape index (κ2) is 4.37. The lowest BCUT2D eigenvalue weighted by atomic mass is 10.0. The summed E-state index contributed by atoms with van der Waals surface area (Å²) in [6, 6.07) is 6.72. The Labute approximate surface area is 103 Å². The van der Waals surface area contributed by atoms with Gasteiger partial charge in [0, 0.05) is 4.43 Å². The first-order valence-electron chi connectivity index (χ1n) is 5.12. The van der Waals surface area contributed by atoms with Crippen LogP contribution in [0, 0.1) is 5.82 Å². The van der Waals surface area contributed by atoms with E-state index in [0.29, 0.717) is 0 Å². The number of hydrogen-bond acceptors (Lipinski definition) is 1. The Kier molecular flexibility index (Phi) is 3.30. The minimum atomic E-state index is -0.181. The molecule has 1 saturated heterocycles. The predicted molar refractivity (Wildman–Crippen MR) is 66.8 cm³/mol. The molecule has 15 heavy (non-hydrogen) atoms. The summed E-state index contributed by atoms with van der Waals surface area (Å²) in [5.74, 6) is -0.181. The van der Waals surface area contributed by atoms with Gasteiger partial charge in [-0.05, 0) is 37.5 Å². The lowest BCUT2D eigenvalue weighted by molar-refractivity contribution is -0.0110. The Balaban J connectivity index is 2.14. The summed E-state index contributed by atoms with van der Waals surface area (Å²) in [7, 11) is 0. The third-order valence-corrected chi connectivity index (χ3v) is 4.48. The van der Waals surface area contributed by atoms with Gasteiger partial charge < -0.3 is 4.74 Å². The second-order valence-electron chi connectivity index (χ2n) is 4.28. The molecule has 3 heteroatoms. The summed E-state index contributed by atoms with van der Waals surface area (Å²) in [5.41, 5.74) is 0.931. The van der Waals surface area contributed by atoms with Gasteiger partial charge >= 0.3 is 0 Å². The molecule has 0 N–H and O–H groups in total. The highest BCUT2D eigenvalue weighted by Gasteiger charge is 2.35. The lowest BCUT2D eigenvalue weighted by Crippen LogP contribution is -2.24. The molecule has 0 bridgehead atoms. The van der Waals surface area contributed by atoms with Crippen molar-refractivity contribution in [2.45, 2.75) is 31.5 Å². The molecular weight excluding hydrogens is 306 g/mol. The Morgan fingerprint density at radius 1 is 1.60 bits per heavy atom. The van der Waals surface area contributed by atoms with Crippen LogP contribution in [-0.2, 0) is 4.74 Å². The molecule has 2 unspecified atom stereocenters. The van der Waals surface area contributed by atoms with E-state index in [1.165, 1.54) is 6.07 Å². The van der Waals surface area contributed by atoms with Gasteiger partial charge in [0.15, 0.2) is 0 Å². The van der Waals surface area contributed by atoms with E-state index in [-0.39, 0.29) is 17.5 Å². The minimum absolute atomic E-state index is 0.0302. The predicted octanol–water partition coefficient (Wildman–Crippen LogP) is 3.87. The zero-order valence-electron chi connectivity index (χ0n) is 8.67. The standard InChI is InChI=1S/C12H14FIO/c1-12(8-14)6-5-11(15-12)9-3-2-4-10(13)7-9/h2-4,7,11H,5-6,8H2,1H3. The van der Waals surface area contributed by atoms with E-state index < -0.39 is 0 Å². The Morgan fingerprint density at radius 2 is 2.40 bits per heavy atom. The van der Waals surface area contributed by atoms with Gasteiger partial charge in [-0.1, -0.05) is 34.7 Å². The molecule has 1 heterocycles. The fourth-order valence-electron chi connectivity index (χ4n) is 1.94. The molecular formula is C12H14FIO. The number of hydrogen-bond donors (Lipinski definition) is 0. The molecule has 0 aliphatic carbocycles.